The third-order valence-corrected chi connectivity index (χ3v) is 3.64. The minimum Gasteiger partial charge on any atom is -0.405 e. The van der Waals surface area contributed by atoms with E-state index in [1.54, 1.807) is 36.5 Å². The fourth-order valence-corrected chi connectivity index (χ4v) is 2.56. The van der Waals surface area contributed by atoms with E-state index in [9.17, 15) is 9.59 Å². The van der Waals surface area contributed by atoms with Crippen LogP contribution in [0.3, 0.4) is 0 Å². The smallest absolute Gasteiger partial charge is 0.405 e. The van der Waals surface area contributed by atoms with Gasteiger partial charge in [-0.2, -0.15) is 0 Å². The molecular weight excluding hydrogens is 282 g/mol. The number of nitrogens with one attached hydrogen (secondary N) is 1. The lowest BCUT2D eigenvalue weighted by Crippen LogP contribution is -2.23. The average molecular weight is 293 g/mol. The maximum Gasteiger partial charge on any atom is 0.427 e. The van der Waals surface area contributed by atoms with Crippen LogP contribution in [0.4, 0.5) is 5.69 Å². The van der Waals surface area contributed by atoms with Gasteiger partial charge in [-0.1, -0.05) is 12.1 Å². The fraction of sp³-hybridized carbons (Fsp3) is 0. The zero-order valence-electron chi connectivity index (χ0n) is 11.4. The molecule has 2 aromatic carbocycles. The quantitative estimate of drug-likeness (QED) is 0.527. The molecule has 108 valence electrons. The number of hydrogen-bond acceptors (Lipinski definition) is 4. The Morgan fingerprint density at radius 1 is 1.18 bits per heavy atom. The summed E-state index contributed by atoms with van der Waals surface area (Å²) in [6.45, 7) is 0. The number of para-hydroxylation sites is 1. The van der Waals surface area contributed by atoms with Crippen LogP contribution < -0.4 is 11.5 Å². The lowest BCUT2D eigenvalue weighted by atomic mass is 10.1. The molecule has 3 N–H and O–H groups in total. The SMILES string of the molecule is Nc1cccc2c1oc(=O)n2C(=O)c1ccc2cc[nH]c2c1. The molecule has 6 nitrogen and oxygen atoms in total. The van der Waals surface area contributed by atoms with Gasteiger partial charge in [0.1, 0.15) is 5.52 Å². The molecule has 0 fully saturated rings. The Morgan fingerprint density at radius 2 is 2.05 bits per heavy atom. The molecule has 22 heavy (non-hydrogen) atoms. The van der Waals surface area contributed by atoms with Gasteiger partial charge in [0.2, 0.25) is 0 Å². The lowest BCUT2D eigenvalue weighted by molar-refractivity contribution is 0.0956. The van der Waals surface area contributed by atoms with E-state index in [-0.39, 0.29) is 5.58 Å². The Bertz CT molecular complexity index is 1080. The second-order valence-electron chi connectivity index (χ2n) is 4.98. The molecule has 0 aliphatic heterocycles. The van der Waals surface area contributed by atoms with E-state index in [1.165, 1.54) is 0 Å². The summed E-state index contributed by atoms with van der Waals surface area (Å²) in [6, 6.07) is 12.0. The van der Waals surface area contributed by atoms with Crippen LogP contribution in [0.5, 0.6) is 0 Å². The predicted octanol–water partition coefficient (Wildman–Crippen LogP) is 2.35. The third-order valence-electron chi connectivity index (χ3n) is 3.64. The molecule has 0 aliphatic carbocycles. The van der Waals surface area contributed by atoms with E-state index in [2.05, 4.69) is 4.98 Å². The summed E-state index contributed by atoms with van der Waals surface area (Å²) >= 11 is 0. The molecule has 2 heterocycles. The number of rotatable bonds is 1. The molecule has 4 aromatic rings. The highest BCUT2D eigenvalue weighted by Gasteiger charge is 2.19. The minimum atomic E-state index is -0.746. The van der Waals surface area contributed by atoms with Crippen LogP contribution in [0.25, 0.3) is 22.0 Å². The number of aromatic amines is 1. The van der Waals surface area contributed by atoms with E-state index < -0.39 is 11.7 Å². The second kappa shape index (κ2) is 4.36. The Kier molecular flexibility index (Phi) is 2.47. The molecule has 0 bridgehead atoms. The monoisotopic (exact) mass is 293 g/mol. The van der Waals surface area contributed by atoms with Crippen LogP contribution in [0, 0.1) is 0 Å². The zero-order chi connectivity index (χ0) is 15.3. The molecule has 2 aromatic heterocycles. The molecule has 0 aliphatic rings. The van der Waals surface area contributed by atoms with Gasteiger partial charge >= 0.3 is 5.76 Å². The van der Waals surface area contributed by atoms with Crippen molar-refractivity contribution in [3.05, 3.63) is 64.8 Å². The number of nitrogens with two attached hydrogens (primary N) is 1. The number of aromatic nitrogens is 2. The average Bonchev–Trinajstić information content (AvgIpc) is 3.10. The summed E-state index contributed by atoms with van der Waals surface area (Å²) in [4.78, 5) is 27.7. The Morgan fingerprint density at radius 3 is 2.91 bits per heavy atom. The molecule has 0 saturated carbocycles. The topological polar surface area (TPSA) is 94.0 Å². The molecule has 0 saturated heterocycles. The van der Waals surface area contributed by atoms with Gasteiger partial charge in [0, 0.05) is 17.3 Å². The van der Waals surface area contributed by atoms with Crippen molar-refractivity contribution < 1.29 is 9.21 Å². The Labute approximate surface area is 123 Å². The van der Waals surface area contributed by atoms with Crippen molar-refractivity contribution in [1.82, 2.24) is 9.55 Å². The summed E-state index contributed by atoms with van der Waals surface area (Å²) in [5.41, 5.74) is 7.90. The summed E-state index contributed by atoms with van der Waals surface area (Å²) in [5, 5.41) is 0.991. The molecule has 0 unspecified atom stereocenters. The predicted molar refractivity (Wildman–Crippen MR) is 82.9 cm³/mol. The maximum atomic E-state index is 12.7. The number of nitrogens with zero attached hydrogens (tertiary/aromatic N) is 1. The number of carbonyl (C=O) groups is 1. The van der Waals surface area contributed by atoms with Gasteiger partial charge < -0.3 is 15.1 Å². The number of anilines is 1. The first-order chi connectivity index (χ1) is 10.6. The van der Waals surface area contributed by atoms with Crippen molar-refractivity contribution in [3.8, 4) is 0 Å². The van der Waals surface area contributed by atoms with Crippen LogP contribution in [0.2, 0.25) is 0 Å². The largest absolute Gasteiger partial charge is 0.427 e. The summed E-state index contributed by atoms with van der Waals surface area (Å²) in [6.07, 6.45) is 1.79. The van der Waals surface area contributed by atoms with Gasteiger partial charge in [-0.15, -0.1) is 0 Å². The summed E-state index contributed by atoms with van der Waals surface area (Å²) in [5.74, 6) is -1.20. The Hall–Kier alpha value is -3.28. The van der Waals surface area contributed by atoms with Gasteiger partial charge in [0.15, 0.2) is 5.58 Å². The maximum absolute atomic E-state index is 12.7. The summed E-state index contributed by atoms with van der Waals surface area (Å²) in [7, 11) is 0. The van der Waals surface area contributed by atoms with Crippen molar-refractivity contribution in [2.24, 2.45) is 0 Å². The number of H-pyrrole nitrogens is 1. The van der Waals surface area contributed by atoms with Gasteiger partial charge in [-0.3, -0.25) is 4.79 Å². The van der Waals surface area contributed by atoms with E-state index in [4.69, 9.17) is 10.2 Å². The number of fused-ring (bicyclic) bond motifs is 2. The van der Waals surface area contributed by atoms with Crippen LogP contribution in [0.15, 0.2) is 57.9 Å². The van der Waals surface area contributed by atoms with Gasteiger partial charge in [-0.05, 0) is 35.7 Å². The number of oxazole rings is 1. The molecular formula is C16H11N3O3. The zero-order valence-corrected chi connectivity index (χ0v) is 11.4. The first-order valence-corrected chi connectivity index (χ1v) is 6.67. The minimum absolute atomic E-state index is 0.224. The first-order valence-electron chi connectivity index (χ1n) is 6.67. The number of hydrogen-bond donors (Lipinski definition) is 2. The number of benzene rings is 2. The van der Waals surface area contributed by atoms with Crippen LogP contribution in [0.1, 0.15) is 10.4 Å². The van der Waals surface area contributed by atoms with E-state index in [0.29, 0.717) is 16.8 Å². The second-order valence-corrected chi connectivity index (χ2v) is 4.98. The van der Waals surface area contributed by atoms with Crippen LogP contribution in [-0.2, 0) is 0 Å². The van der Waals surface area contributed by atoms with Crippen molar-refractivity contribution in [2.75, 3.05) is 5.73 Å². The standard InChI is InChI=1S/C16H11N3O3/c17-11-2-1-3-13-14(11)22-16(21)19(13)15(20)10-5-4-9-6-7-18-12(9)8-10/h1-8,18H,17H2. The van der Waals surface area contributed by atoms with E-state index in [1.807, 2.05) is 12.1 Å². The van der Waals surface area contributed by atoms with Crippen molar-refractivity contribution >= 4 is 33.6 Å². The van der Waals surface area contributed by atoms with Crippen molar-refractivity contribution in [1.29, 1.82) is 0 Å². The highest BCUT2D eigenvalue weighted by Crippen LogP contribution is 2.21. The molecule has 0 spiro atoms. The fourth-order valence-electron chi connectivity index (χ4n) is 2.56. The molecule has 0 radical (unpaired) electrons. The highest BCUT2D eigenvalue weighted by molar-refractivity contribution is 6.03. The van der Waals surface area contributed by atoms with Gasteiger partial charge in [-0.25, -0.2) is 9.36 Å². The van der Waals surface area contributed by atoms with Gasteiger partial charge in [0.05, 0.1) is 5.69 Å². The Balaban J connectivity index is 1.94. The van der Waals surface area contributed by atoms with Crippen molar-refractivity contribution in [3.63, 3.8) is 0 Å². The molecule has 4 rings (SSSR count). The first kappa shape index (κ1) is 12.5. The molecule has 0 atom stereocenters. The van der Waals surface area contributed by atoms with Crippen molar-refractivity contribution in [2.45, 2.75) is 0 Å². The number of carbonyl (C=O) groups excluding carboxylic acids is 1. The normalized spacial score (nSPS) is 11.3. The van der Waals surface area contributed by atoms with Crippen LogP contribution >= 0.6 is 0 Å². The van der Waals surface area contributed by atoms with E-state index in [0.717, 1.165) is 15.5 Å². The summed E-state index contributed by atoms with van der Waals surface area (Å²) < 4.78 is 6.09. The third kappa shape index (κ3) is 1.67. The molecule has 6 heteroatoms. The van der Waals surface area contributed by atoms with Gasteiger partial charge in [0.25, 0.3) is 5.91 Å². The highest BCUT2D eigenvalue weighted by atomic mass is 16.4. The lowest BCUT2D eigenvalue weighted by Gasteiger charge is -2.02. The van der Waals surface area contributed by atoms with E-state index >= 15 is 0 Å². The molecule has 0 amide bonds. The van der Waals surface area contributed by atoms with Crippen LogP contribution in [-0.4, -0.2) is 15.5 Å². The number of nitrogen functional groups attached to an aromatic ring is 1.